The second-order valence-electron chi connectivity index (χ2n) is 5.52. The van der Waals surface area contributed by atoms with Gasteiger partial charge >= 0.3 is 0 Å². The average Bonchev–Trinajstić information content (AvgIpc) is 2.49. The van der Waals surface area contributed by atoms with Gasteiger partial charge < -0.3 is 14.4 Å². The minimum absolute atomic E-state index is 0.112. The van der Waals surface area contributed by atoms with Gasteiger partial charge in [-0.3, -0.25) is 4.90 Å². The van der Waals surface area contributed by atoms with Crippen LogP contribution in [0.4, 0.5) is 5.69 Å². The van der Waals surface area contributed by atoms with Crippen molar-refractivity contribution in [3.63, 3.8) is 0 Å². The number of fused-ring (bicyclic) bond motifs is 2. The van der Waals surface area contributed by atoms with E-state index < -0.39 is 0 Å². The molecule has 5 heteroatoms. The van der Waals surface area contributed by atoms with Crippen LogP contribution in [0, 0.1) is 0 Å². The van der Waals surface area contributed by atoms with Gasteiger partial charge in [0.25, 0.3) is 0 Å². The first-order valence-electron chi connectivity index (χ1n) is 7.03. The zero-order valence-corrected chi connectivity index (χ0v) is 13.5. The standard InChI is InChI=1S/C15H21BrN2O2/c1-19-15(20-2)10-18-13-7-14(18)9-17(8-13)12-5-3-11(16)4-6-12/h3-6,13-15H,7-10H2,1-2H3. The molecule has 0 radical (unpaired) electrons. The number of piperazine rings is 1. The molecule has 0 spiro atoms. The van der Waals surface area contributed by atoms with Gasteiger partial charge in [-0.25, -0.2) is 0 Å². The summed E-state index contributed by atoms with van der Waals surface area (Å²) in [5.74, 6) is 0. The molecule has 2 atom stereocenters. The lowest BCUT2D eigenvalue weighted by Crippen LogP contribution is -2.70. The van der Waals surface area contributed by atoms with Crippen LogP contribution in [0.25, 0.3) is 0 Å². The van der Waals surface area contributed by atoms with Crippen molar-refractivity contribution in [2.75, 3.05) is 38.8 Å². The molecule has 3 aliphatic rings. The van der Waals surface area contributed by atoms with Gasteiger partial charge in [-0.05, 0) is 30.7 Å². The minimum Gasteiger partial charge on any atom is -0.368 e. The number of hydrogen-bond acceptors (Lipinski definition) is 4. The van der Waals surface area contributed by atoms with Crippen molar-refractivity contribution in [1.29, 1.82) is 0 Å². The molecule has 3 fully saturated rings. The van der Waals surface area contributed by atoms with Crippen LogP contribution in [0.5, 0.6) is 0 Å². The molecule has 2 unspecified atom stereocenters. The topological polar surface area (TPSA) is 24.9 Å². The van der Waals surface area contributed by atoms with E-state index in [2.05, 4.69) is 50.0 Å². The number of benzene rings is 1. The maximum atomic E-state index is 5.31. The Hall–Kier alpha value is -0.620. The molecule has 3 heterocycles. The first kappa shape index (κ1) is 14.3. The highest BCUT2D eigenvalue weighted by Crippen LogP contribution is 2.35. The molecule has 20 heavy (non-hydrogen) atoms. The van der Waals surface area contributed by atoms with Crippen LogP contribution in [0.2, 0.25) is 0 Å². The average molecular weight is 341 g/mol. The molecule has 0 aliphatic carbocycles. The van der Waals surface area contributed by atoms with E-state index in [0.29, 0.717) is 12.1 Å². The number of ether oxygens (including phenoxy) is 2. The SMILES string of the molecule is COC(CN1C2CC1CN(c1ccc(Br)cc1)C2)OC. The van der Waals surface area contributed by atoms with E-state index in [1.54, 1.807) is 14.2 Å². The van der Waals surface area contributed by atoms with Gasteiger partial charge in [0.15, 0.2) is 6.29 Å². The molecule has 0 aromatic heterocycles. The summed E-state index contributed by atoms with van der Waals surface area (Å²) < 4.78 is 11.8. The van der Waals surface area contributed by atoms with Crippen molar-refractivity contribution < 1.29 is 9.47 Å². The largest absolute Gasteiger partial charge is 0.368 e. The number of methoxy groups -OCH3 is 2. The van der Waals surface area contributed by atoms with Gasteiger partial charge in [0, 0.05) is 49.6 Å². The maximum absolute atomic E-state index is 5.31. The molecular formula is C15H21BrN2O2. The van der Waals surface area contributed by atoms with Gasteiger partial charge in [0.05, 0.1) is 6.54 Å². The Kier molecular flexibility index (Phi) is 4.31. The molecule has 1 aromatic carbocycles. The van der Waals surface area contributed by atoms with Crippen molar-refractivity contribution in [3.05, 3.63) is 28.7 Å². The highest BCUT2D eigenvalue weighted by Gasteiger charge is 2.45. The number of hydrogen-bond donors (Lipinski definition) is 0. The third kappa shape index (κ3) is 2.72. The van der Waals surface area contributed by atoms with Gasteiger partial charge in [-0.15, -0.1) is 0 Å². The third-order valence-corrected chi connectivity index (χ3v) is 4.95. The molecule has 3 aliphatic heterocycles. The van der Waals surface area contributed by atoms with Gasteiger partial charge in [0.2, 0.25) is 0 Å². The molecule has 1 aromatic rings. The number of halogens is 1. The molecule has 110 valence electrons. The molecule has 0 amide bonds. The Morgan fingerprint density at radius 3 is 2.30 bits per heavy atom. The van der Waals surface area contributed by atoms with Crippen LogP contribution in [-0.2, 0) is 9.47 Å². The van der Waals surface area contributed by atoms with Gasteiger partial charge in [-0.1, -0.05) is 15.9 Å². The third-order valence-electron chi connectivity index (χ3n) is 4.42. The highest BCUT2D eigenvalue weighted by molar-refractivity contribution is 9.10. The fraction of sp³-hybridized carbons (Fsp3) is 0.600. The van der Waals surface area contributed by atoms with Crippen LogP contribution in [0.1, 0.15) is 6.42 Å². The zero-order valence-electron chi connectivity index (χ0n) is 12.0. The van der Waals surface area contributed by atoms with E-state index in [1.165, 1.54) is 12.1 Å². The molecular weight excluding hydrogens is 320 g/mol. The lowest BCUT2D eigenvalue weighted by molar-refractivity contribution is -0.145. The van der Waals surface area contributed by atoms with Crippen molar-refractivity contribution >= 4 is 21.6 Å². The fourth-order valence-electron chi connectivity index (χ4n) is 3.27. The van der Waals surface area contributed by atoms with Crippen molar-refractivity contribution in [3.8, 4) is 0 Å². The van der Waals surface area contributed by atoms with Crippen molar-refractivity contribution in [2.24, 2.45) is 0 Å². The Morgan fingerprint density at radius 2 is 1.75 bits per heavy atom. The Labute approximate surface area is 128 Å². The summed E-state index contributed by atoms with van der Waals surface area (Å²) in [6.45, 7) is 3.06. The smallest absolute Gasteiger partial charge is 0.169 e. The van der Waals surface area contributed by atoms with Crippen LogP contribution >= 0.6 is 15.9 Å². The van der Waals surface area contributed by atoms with E-state index in [0.717, 1.165) is 24.1 Å². The predicted molar refractivity (Wildman–Crippen MR) is 83.1 cm³/mol. The summed E-state index contributed by atoms with van der Waals surface area (Å²) in [4.78, 5) is 5.00. The Bertz CT molecular complexity index is 438. The van der Waals surface area contributed by atoms with E-state index >= 15 is 0 Å². The predicted octanol–water partition coefficient (Wildman–Crippen LogP) is 2.33. The van der Waals surface area contributed by atoms with E-state index in [4.69, 9.17) is 9.47 Å². The molecule has 2 bridgehead atoms. The zero-order chi connectivity index (χ0) is 14.1. The fourth-order valence-corrected chi connectivity index (χ4v) is 3.53. The van der Waals surface area contributed by atoms with Crippen molar-refractivity contribution in [2.45, 2.75) is 24.8 Å². The summed E-state index contributed by atoms with van der Waals surface area (Å²) in [6.07, 6.45) is 1.19. The van der Waals surface area contributed by atoms with Crippen molar-refractivity contribution in [1.82, 2.24) is 4.90 Å². The first-order valence-corrected chi connectivity index (χ1v) is 7.82. The van der Waals surface area contributed by atoms with E-state index in [1.807, 2.05) is 0 Å². The second-order valence-corrected chi connectivity index (χ2v) is 6.44. The number of nitrogens with zero attached hydrogens (tertiary/aromatic N) is 2. The molecule has 4 nitrogen and oxygen atoms in total. The highest BCUT2D eigenvalue weighted by atomic mass is 79.9. The molecule has 0 N–H and O–H groups in total. The molecule has 0 saturated carbocycles. The summed E-state index contributed by atoms with van der Waals surface area (Å²) in [5, 5.41) is 0. The Morgan fingerprint density at radius 1 is 1.15 bits per heavy atom. The van der Waals surface area contributed by atoms with Crippen LogP contribution < -0.4 is 4.90 Å². The molecule has 3 saturated heterocycles. The minimum atomic E-state index is -0.112. The van der Waals surface area contributed by atoms with Crippen LogP contribution in [0.15, 0.2) is 28.7 Å². The normalized spacial score (nSPS) is 25.9. The van der Waals surface area contributed by atoms with Crippen LogP contribution in [-0.4, -0.2) is 57.1 Å². The number of anilines is 1. The van der Waals surface area contributed by atoms with E-state index in [-0.39, 0.29) is 6.29 Å². The number of rotatable bonds is 5. The van der Waals surface area contributed by atoms with E-state index in [9.17, 15) is 0 Å². The van der Waals surface area contributed by atoms with Gasteiger partial charge in [0.1, 0.15) is 0 Å². The van der Waals surface area contributed by atoms with Gasteiger partial charge in [-0.2, -0.15) is 0 Å². The van der Waals surface area contributed by atoms with Crippen LogP contribution in [0.3, 0.4) is 0 Å². The lowest BCUT2D eigenvalue weighted by atomic mass is 9.87. The second kappa shape index (κ2) is 6.02. The summed E-state index contributed by atoms with van der Waals surface area (Å²) in [5.41, 5.74) is 1.32. The lowest BCUT2D eigenvalue weighted by Gasteiger charge is -2.57. The number of piperidine rings is 1. The quantitative estimate of drug-likeness (QED) is 0.768. The summed E-state index contributed by atoms with van der Waals surface area (Å²) in [6, 6.07) is 9.85. The molecule has 4 rings (SSSR count). The summed E-state index contributed by atoms with van der Waals surface area (Å²) in [7, 11) is 3.41. The monoisotopic (exact) mass is 340 g/mol. The first-order chi connectivity index (χ1) is 9.71. The Balaban J connectivity index is 1.60. The summed E-state index contributed by atoms with van der Waals surface area (Å²) >= 11 is 3.49. The maximum Gasteiger partial charge on any atom is 0.169 e.